The van der Waals surface area contributed by atoms with Crippen molar-refractivity contribution < 1.29 is 19.1 Å². The molecule has 3 aliphatic heterocycles. The van der Waals surface area contributed by atoms with Crippen LogP contribution < -0.4 is 9.64 Å². The number of para-hydroxylation sites is 1. The van der Waals surface area contributed by atoms with Crippen molar-refractivity contribution in [2.45, 2.75) is 24.5 Å². The molecule has 10 nitrogen and oxygen atoms in total. The molecule has 3 amide bonds. The summed E-state index contributed by atoms with van der Waals surface area (Å²) in [5.41, 5.74) is 3.07. The number of benzene rings is 4. The number of nitrogens with zero attached hydrogens (tertiary/aromatic N) is 6. The van der Waals surface area contributed by atoms with Gasteiger partial charge in [0.1, 0.15) is 12.3 Å². The first kappa shape index (κ1) is 25.6. The van der Waals surface area contributed by atoms with Gasteiger partial charge in [-0.3, -0.25) is 19.4 Å². The smallest absolute Gasteiger partial charge is 0.264 e. The number of carbonyl (C=O) groups excluding carboxylic acids is 3. The van der Waals surface area contributed by atoms with Crippen LogP contribution in [0.1, 0.15) is 23.6 Å². The van der Waals surface area contributed by atoms with Gasteiger partial charge in [-0.2, -0.15) is 10.2 Å². The fraction of sp³-hybridized carbons (Fsp3) is 0.188. The van der Waals surface area contributed by atoms with E-state index in [1.165, 1.54) is 10.0 Å². The Morgan fingerprint density at radius 1 is 0.881 bits per heavy atom. The summed E-state index contributed by atoms with van der Waals surface area (Å²) in [7, 11) is 1.60. The predicted molar refractivity (Wildman–Crippen MR) is 156 cm³/mol. The summed E-state index contributed by atoms with van der Waals surface area (Å²) in [5, 5.41) is 17.9. The number of rotatable bonds is 6. The van der Waals surface area contributed by atoms with Gasteiger partial charge in [-0.25, -0.2) is 9.91 Å². The Kier molecular flexibility index (Phi) is 6.23. The lowest BCUT2D eigenvalue weighted by atomic mass is 9.97. The summed E-state index contributed by atoms with van der Waals surface area (Å²) >= 11 is 0. The molecule has 3 heterocycles. The van der Waals surface area contributed by atoms with Crippen molar-refractivity contribution in [2.75, 3.05) is 18.6 Å². The van der Waals surface area contributed by atoms with Gasteiger partial charge in [-0.1, -0.05) is 72.0 Å². The van der Waals surface area contributed by atoms with Crippen LogP contribution in [-0.4, -0.2) is 59.2 Å². The molecule has 0 radical (unpaired) electrons. The summed E-state index contributed by atoms with van der Waals surface area (Å²) < 4.78 is 5.32. The highest BCUT2D eigenvalue weighted by Crippen LogP contribution is 2.36. The van der Waals surface area contributed by atoms with Crippen LogP contribution in [0.15, 0.2) is 113 Å². The van der Waals surface area contributed by atoms with Gasteiger partial charge >= 0.3 is 0 Å². The molecule has 3 atom stereocenters. The number of hydrazone groups is 1. The minimum Gasteiger partial charge on any atom is -0.497 e. The summed E-state index contributed by atoms with van der Waals surface area (Å²) in [6.07, 6.45) is 0.503. The van der Waals surface area contributed by atoms with Crippen LogP contribution >= 0.6 is 0 Å². The molecule has 0 saturated carbocycles. The lowest BCUT2D eigenvalue weighted by Crippen LogP contribution is -2.44. The van der Waals surface area contributed by atoms with Crippen molar-refractivity contribution in [3.05, 3.63) is 108 Å². The maximum absolute atomic E-state index is 13.9. The van der Waals surface area contributed by atoms with Crippen LogP contribution in [0.4, 0.5) is 5.69 Å². The van der Waals surface area contributed by atoms with E-state index >= 15 is 0 Å². The number of fused-ring (bicyclic) bond motifs is 2. The Hall–Kier alpha value is -5.38. The Bertz CT molecular complexity index is 1770. The minimum atomic E-state index is -0.988. The Balaban J connectivity index is 1.18. The SMILES string of the molecule is COc1ccc(C2CC(c3ccc4ccccc4c3)=NN2C(=O)CN2N=NC3C(=O)N(c4ccccc4)C(=O)C32)cc1. The van der Waals surface area contributed by atoms with E-state index in [0.717, 1.165) is 32.5 Å². The summed E-state index contributed by atoms with van der Waals surface area (Å²) in [5.74, 6) is -0.558. The zero-order valence-corrected chi connectivity index (χ0v) is 22.7. The Morgan fingerprint density at radius 2 is 1.62 bits per heavy atom. The van der Waals surface area contributed by atoms with Crippen molar-refractivity contribution >= 4 is 39.9 Å². The molecule has 0 aliphatic carbocycles. The normalized spacial score (nSPS) is 21.3. The van der Waals surface area contributed by atoms with E-state index in [-0.39, 0.29) is 18.5 Å². The second-order valence-corrected chi connectivity index (χ2v) is 10.4. The molecule has 3 aliphatic rings. The lowest BCUT2D eigenvalue weighted by molar-refractivity contribution is -0.135. The quantitative estimate of drug-likeness (QED) is 0.324. The molecule has 4 aromatic rings. The second kappa shape index (κ2) is 10.2. The molecular formula is C32H26N6O4. The second-order valence-electron chi connectivity index (χ2n) is 10.4. The highest BCUT2D eigenvalue weighted by molar-refractivity contribution is 6.25. The average Bonchev–Trinajstić information content (AvgIpc) is 3.72. The van der Waals surface area contributed by atoms with Crippen LogP contribution in [0.5, 0.6) is 5.75 Å². The molecule has 208 valence electrons. The topological polar surface area (TPSA) is 107 Å². The van der Waals surface area contributed by atoms with Gasteiger partial charge in [0.25, 0.3) is 17.7 Å². The van der Waals surface area contributed by atoms with Gasteiger partial charge in [-0.15, -0.1) is 0 Å². The van der Waals surface area contributed by atoms with Crippen molar-refractivity contribution in [3.63, 3.8) is 0 Å². The van der Waals surface area contributed by atoms with Crippen molar-refractivity contribution in [1.82, 2.24) is 10.0 Å². The van der Waals surface area contributed by atoms with Gasteiger partial charge in [-0.05, 0) is 52.2 Å². The number of hydrogen-bond donors (Lipinski definition) is 0. The van der Waals surface area contributed by atoms with Crippen molar-refractivity contribution in [3.8, 4) is 5.75 Å². The third-order valence-electron chi connectivity index (χ3n) is 7.92. The van der Waals surface area contributed by atoms with Crippen LogP contribution in [0.2, 0.25) is 0 Å². The zero-order chi connectivity index (χ0) is 28.8. The number of methoxy groups -OCH3 is 1. The fourth-order valence-electron chi connectivity index (χ4n) is 5.77. The monoisotopic (exact) mass is 558 g/mol. The van der Waals surface area contributed by atoms with E-state index in [9.17, 15) is 14.4 Å². The summed E-state index contributed by atoms with van der Waals surface area (Å²) in [6, 6.07) is 28.1. The molecule has 1 saturated heterocycles. The number of hydrogen-bond acceptors (Lipinski definition) is 8. The number of carbonyl (C=O) groups is 3. The number of amides is 3. The van der Waals surface area contributed by atoms with E-state index in [4.69, 9.17) is 9.84 Å². The van der Waals surface area contributed by atoms with Crippen molar-refractivity contribution in [1.29, 1.82) is 0 Å². The largest absolute Gasteiger partial charge is 0.497 e. The van der Waals surface area contributed by atoms with Gasteiger partial charge in [0, 0.05) is 6.42 Å². The number of anilines is 1. The van der Waals surface area contributed by atoms with Crippen LogP contribution in [-0.2, 0) is 14.4 Å². The third-order valence-corrected chi connectivity index (χ3v) is 7.92. The maximum atomic E-state index is 13.9. The molecule has 0 spiro atoms. The summed E-state index contributed by atoms with van der Waals surface area (Å²) in [6.45, 7) is -0.256. The van der Waals surface area contributed by atoms with E-state index in [2.05, 4.69) is 22.5 Å². The van der Waals surface area contributed by atoms with Gasteiger partial charge in [0.15, 0.2) is 12.1 Å². The van der Waals surface area contributed by atoms with Gasteiger partial charge < -0.3 is 4.74 Å². The molecule has 42 heavy (non-hydrogen) atoms. The number of imide groups is 1. The molecule has 10 heteroatoms. The Morgan fingerprint density at radius 3 is 2.38 bits per heavy atom. The fourth-order valence-corrected chi connectivity index (χ4v) is 5.77. The van der Waals surface area contributed by atoms with Crippen LogP contribution in [0.3, 0.4) is 0 Å². The highest BCUT2D eigenvalue weighted by Gasteiger charge is 2.55. The third kappa shape index (κ3) is 4.28. The van der Waals surface area contributed by atoms with Crippen LogP contribution in [0, 0.1) is 0 Å². The predicted octanol–water partition coefficient (Wildman–Crippen LogP) is 4.52. The standard InChI is InChI=1S/C32H26N6O4/c1-42-25-15-13-21(14-16-25)27-18-26(23-12-11-20-7-5-6-8-22(20)17-23)34-38(27)28(39)19-36-30-29(33-35-36)31(40)37(32(30)41)24-9-3-2-4-10-24/h2-17,27,29-30H,18-19H2,1H3. The first-order valence-electron chi connectivity index (χ1n) is 13.6. The first-order valence-corrected chi connectivity index (χ1v) is 13.6. The Labute approximate surface area is 241 Å². The minimum absolute atomic E-state index is 0.256. The maximum Gasteiger partial charge on any atom is 0.264 e. The lowest BCUT2D eigenvalue weighted by Gasteiger charge is -2.25. The number of ether oxygens (including phenoxy) is 1. The molecule has 7 rings (SSSR count). The van der Waals surface area contributed by atoms with E-state index in [0.29, 0.717) is 17.9 Å². The van der Waals surface area contributed by atoms with Gasteiger partial charge in [0.2, 0.25) is 0 Å². The van der Waals surface area contributed by atoms with Gasteiger partial charge in [0.05, 0.1) is 24.6 Å². The average molecular weight is 559 g/mol. The van der Waals surface area contributed by atoms with E-state index < -0.39 is 23.9 Å². The molecular weight excluding hydrogens is 532 g/mol. The van der Waals surface area contributed by atoms with Crippen LogP contribution in [0.25, 0.3) is 10.8 Å². The zero-order valence-electron chi connectivity index (χ0n) is 22.7. The molecule has 4 aromatic carbocycles. The highest BCUT2D eigenvalue weighted by atomic mass is 16.5. The summed E-state index contributed by atoms with van der Waals surface area (Å²) in [4.78, 5) is 41.4. The molecule has 0 N–H and O–H groups in total. The van der Waals surface area contributed by atoms with E-state index in [1.807, 2.05) is 60.7 Å². The van der Waals surface area contributed by atoms with Crippen molar-refractivity contribution in [2.24, 2.45) is 15.4 Å². The first-order chi connectivity index (χ1) is 20.5. The molecule has 0 bridgehead atoms. The van der Waals surface area contributed by atoms with E-state index in [1.54, 1.807) is 31.4 Å². The molecule has 3 unspecified atom stereocenters. The molecule has 0 aromatic heterocycles. The molecule has 1 fully saturated rings.